The van der Waals surface area contributed by atoms with Crippen molar-refractivity contribution in [2.24, 2.45) is 0 Å². The molecule has 1 aliphatic carbocycles. The molecule has 1 saturated carbocycles. The van der Waals surface area contributed by atoms with E-state index in [1.807, 2.05) is 12.1 Å². The zero-order chi connectivity index (χ0) is 13.8. The van der Waals surface area contributed by atoms with Gasteiger partial charge >= 0.3 is 0 Å². The van der Waals surface area contributed by atoms with Crippen molar-refractivity contribution in [1.82, 2.24) is 5.32 Å². The van der Waals surface area contributed by atoms with E-state index in [9.17, 15) is 0 Å². The molecule has 2 aromatic carbocycles. The van der Waals surface area contributed by atoms with Gasteiger partial charge in [-0.15, -0.1) is 0 Å². The number of rotatable bonds is 6. The number of nitrogen functional groups attached to an aromatic ring is 1. The highest BCUT2D eigenvalue weighted by atomic mass is 14.9. The van der Waals surface area contributed by atoms with Gasteiger partial charge in [0.15, 0.2) is 0 Å². The Kier molecular flexibility index (Phi) is 3.75. The number of nitrogens with one attached hydrogen (secondary N) is 1. The molecule has 3 N–H and O–H groups in total. The van der Waals surface area contributed by atoms with E-state index in [0.717, 1.165) is 25.2 Å². The first-order valence-electron chi connectivity index (χ1n) is 7.39. The highest BCUT2D eigenvalue weighted by Gasteiger charge is 2.43. The van der Waals surface area contributed by atoms with Gasteiger partial charge in [-0.05, 0) is 49.1 Å². The third-order valence-corrected chi connectivity index (χ3v) is 4.27. The van der Waals surface area contributed by atoms with Crippen LogP contribution in [0, 0.1) is 0 Å². The van der Waals surface area contributed by atoms with Crippen molar-refractivity contribution in [1.29, 1.82) is 0 Å². The molecule has 0 heterocycles. The fourth-order valence-electron chi connectivity index (χ4n) is 2.75. The summed E-state index contributed by atoms with van der Waals surface area (Å²) in [5.41, 5.74) is 9.77. The number of nitrogens with two attached hydrogens (primary N) is 1. The minimum atomic E-state index is 0.405. The Balaban J connectivity index is 1.47. The molecule has 20 heavy (non-hydrogen) atoms. The Hall–Kier alpha value is -1.80. The smallest absolute Gasteiger partial charge is 0.0314 e. The third-order valence-electron chi connectivity index (χ3n) is 4.27. The van der Waals surface area contributed by atoms with Crippen molar-refractivity contribution in [3.05, 3.63) is 65.7 Å². The second kappa shape index (κ2) is 5.68. The van der Waals surface area contributed by atoms with Gasteiger partial charge in [0.05, 0.1) is 0 Å². The topological polar surface area (TPSA) is 38.0 Å². The summed E-state index contributed by atoms with van der Waals surface area (Å²) in [4.78, 5) is 0. The number of anilines is 1. The Morgan fingerprint density at radius 2 is 1.65 bits per heavy atom. The lowest BCUT2D eigenvalue weighted by atomic mass is 9.96. The summed E-state index contributed by atoms with van der Waals surface area (Å²) in [6.07, 6.45) is 3.68. The molecule has 0 amide bonds. The zero-order valence-electron chi connectivity index (χ0n) is 11.8. The van der Waals surface area contributed by atoms with Crippen LogP contribution >= 0.6 is 0 Å². The first-order valence-corrected chi connectivity index (χ1v) is 7.39. The molecule has 0 atom stereocenters. The van der Waals surface area contributed by atoms with Gasteiger partial charge < -0.3 is 11.1 Å². The fraction of sp³-hybridized carbons (Fsp3) is 0.333. The van der Waals surface area contributed by atoms with Gasteiger partial charge in [0.1, 0.15) is 0 Å². The zero-order valence-corrected chi connectivity index (χ0v) is 11.8. The monoisotopic (exact) mass is 266 g/mol. The molecule has 2 nitrogen and oxygen atoms in total. The molecule has 0 saturated heterocycles. The summed E-state index contributed by atoms with van der Waals surface area (Å²) in [6.45, 7) is 2.12. The summed E-state index contributed by atoms with van der Waals surface area (Å²) < 4.78 is 0. The quantitative estimate of drug-likeness (QED) is 0.622. The summed E-state index contributed by atoms with van der Waals surface area (Å²) in [6, 6.07) is 19.1. The van der Waals surface area contributed by atoms with Crippen LogP contribution in [-0.2, 0) is 11.8 Å². The van der Waals surface area contributed by atoms with Crippen molar-refractivity contribution in [3.63, 3.8) is 0 Å². The van der Waals surface area contributed by atoms with Crippen molar-refractivity contribution in [2.75, 3.05) is 18.8 Å². The average molecular weight is 266 g/mol. The lowest BCUT2D eigenvalue weighted by Gasteiger charge is -2.16. The van der Waals surface area contributed by atoms with Crippen LogP contribution in [0.5, 0.6) is 0 Å². The van der Waals surface area contributed by atoms with E-state index in [1.54, 1.807) is 0 Å². The lowest BCUT2D eigenvalue weighted by Crippen LogP contribution is -2.28. The molecule has 104 valence electrons. The van der Waals surface area contributed by atoms with E-state index < -0.39 is 0 Å². The molecular formula is C18H22N2. The van der Waals surface area contributed by atoms with Gasteiger partial charge in [-0.25, -0.2) is 0 Å². The standard InChI is InChI=1S/C18H22N2/c19-17-8-6-15(7-9-17)10-13-20-14-18(11-12-18)16-4-2-1-3-5-16/h1-9,20H,10-14,19H2. The maximum absolute atomic E-state index is 5.70. The van der Waals surface area contributed by atoms with Gasteiger partial charge in [0.25, 0.3) is 0 Å². The Labute approximate surface area is 121 Å². The molecule has 0 aromatic heterocycles. The summed E-state index contributed by atoms with van der Waals surface area (Å²) in [5.74, 6) is 0. The largest absolute Gasteiger partial charge is 0.399 e. The van der Waals surface area contributed by atoms with Crippen LogP contribution in [0.4, 0.5) is 5.69 Å². The van der Waals surface area contributed by atoms with Crippen molar-refractivity contribution >= 4 is 5.69 Å². The lowest BCUT2D eigenvalue weighted by molar-refractivity contribution is 0.576. The molecule has 1 aliphatic rings. The molecule has 2 aromatic rings. The van der Waals surface area contributed by atoms with Crippen LogP contribution in [0.3, 0.4) is 0 Å². The van der Waals surface area contributed by atoms with Crippen molar-refractivity contribution < 1.29 is 0 Å². The predicted octanol–water partition coefficient (Wildman–Crippen LogP) is 3.13. The van der Waals surface area contributed by atoms with Gasteiger partial charge in [0, 0.05) is 17.6 Å². The second-order valence-electron chi connectivity index (χ2n) is 5.81. The van der Waals surface area contributed by atoms with Crippen LogP contribution < -0.4 is 11.1 Å². The number of benzene rings is 2. The SMILES string of the molecule is Nc1ccc(CCNCC2(c3ccccc3)CC2)cc1. The molecule has 0 spiro atoms. The highest BCUT2D eigenvalue weighted by molar-refractivity contribution is 5.39. The molecule has 0 radical (unpaired) electrons. The Morgan fingerprint density at radius 1 is 0.950 bits per heavy atom. The van der Waals surface area contributed by atoms with E-state index in [0.29, 0.717) is 5.41 Å². The molecule has 0 unspecified atom stereocenters. The minimum Gasteiger partial charge on any atom is -0.399 e. The second-order valence-corrected chi connectivity index (χ2v) is 5.81. The van der Waals surface area contributed by atoms with E-state index >= 15 is 0 Å². The van der Waals surface area contributed by atoms with Crippen LogP contribution in [0.1, 0.15) is 24.0 Å². The predicted molar refractivity (Wildman–Crippen MR) is 84.8 cm³/mol. The van der Waals surface area contributed by atoms with Crippen LogP contribution in [0.2, 0.25) is 0 Å². The maximum atomic E-state index is 5.70. The Bertz CT molecular complexity index is 541. The van der Waals surface area contributed by atoms with Gasteiger partial charge in [-0.1, -0.05) is 42.5 Å². The first kappa shape index (κ1) is 13.2. The molecule has 0 aliphatic heterocycles. The van der Waals surface area contributed by atoms with Gasteiger partial charge in [0.2, 0.25) is 0 Å². The molecule has 0 bridgehead atoms. The maximum Gasteiger partial charge on any atom is 0.0314 e. The van der Waals surface area contributed by atoms with E-state index in [4.69, 9.17) is 5.73 Å². The fourth-order valence-corrected chi connectivity index (χ4v) is 2.75. The van der Waals surface area contributed by atoms with Gasteiger partial charge in [-0.2, -0.15) is 0 Å². The van der Waals surface area contributed by atoms with E-state index in [-0.39, 0.29) is 0 Å². The third kappa shape index (κ3) is 3.02. The molecule has 3 rings (SSSR count). The summed E-state index contributed by atoms with van der Waals surface area (Å²) in [5, 5.41) is 3.62. The Morgan fingerprint density at radius 3 is 2.30 bits per heavy atom. The number of hydrogen-bond acceptors (Lipinski definition) is 2. The van der Waals surface area contributed by atoms with Gasteiger partial charge in [-0.3, -0.25) is 0 Å². The van der Waals surface area contributed by atoms with E-state index in [1.165, 1.54) is 24.0 Å². The van der Waals surface area contributed by atoms with Crippen LogP contribution in [0.15, 0.2) is 54.6 Å². The normalized spacial score (nSPS) is 16.0. The molecule has 1 fully saturated rings. The summed E-state index contributed by atoms with van der Waals surface area (Å²) >= 11 is 0. The van der Waals surface area contributed by atoms with E-state index in [2.05, 4.69) is 47.8 Å². The average Bonchev–Trinajstić information content (AvgIpc) is 3.28. The minimum absolute atomic E-state index is 0.405. The first-order chi connectivity index (χ1) is 9.78. The highest BCUT2D eigenvalue weighted by Crippen LogP contribution is 2.47. The van der Waals surface area contributed by atoms with Crippen LogP contribution in [-0.4, -0.2) is 13.1 Å². The van der Waals surface area contributed by atoms with Crippen molar-refractivity contribution in [3.8, 4) is 0 Å². The summed E-state index contributed by atoms with van der Waals surface area (Å²) in [7, 11) is 0. The molecule has 2 heteroatoms. The van der Waals surface area contributed by atoms with Crippen molar-refractivity contribution in [2.45, 2.75) is 24.7 Å². The van der Waals surface area contributed by atoms with Crippen LogP contribution in [0.25, 0.3) is 0 Å². The number of hydrogen-bond donors (Lipinski definition) is 2. The molecular weight excluding hydrogens is 244 g/mol.